The van der Waals surface area contributed by atoms with Crippen LogP contribution in [0.25, 0.3) is 0 Å². The van der Waals surface area contributed by atoms with Crippen LogP contribution in [-0.2, 0) is 0 Å². The van der Waals surface area contributed by atoms with Crippen molar-refractivity contribution < 1.29 is 0 Å². The summed E-state index contributed by atoms with van der Waals surface area (Å²) in [6.07, 6.45) is 4.98. The predicted molar refractivity (Wildman–Crippen MR) is 71.7 cm³/mol. The molecule has 0 spiro atoms. The van der Waals surface area contributed by atoms with Crippen LogP contribution in [0.5, 0.6) is 0 Å². The number of piperidine rings is 1. The minimum Gasteiger partial charge on any atom is -0.306 e. The first kappa shape index (κ1) is 14.5. The van der Waals surface area contributed by atoms with E-state index in [0.29, 0.717) is 0 Å². The fraction of sp³-hybridized carbons (Fsp3) is 0.929. The Balaban J connectivity index is 2.18. The monoisotopic (exact) mass is 237 g/mol. The van der Waals surface area contributed by atoms with E-state index in [-0.39, 0.29) is 5.92 Å². The second-order valence-electron chi connectivity index (χ2n) is 5.56. The van der Waals surface area contributed by atoms with Crippen molar-refractivity contribution in [1.82, 2.24) is 9.80 Å². The first-order valence-corrected chi connectivity index (χ1v) is 6.92. The van der Waals surface area contributed by atoms with Gasteiger partial charge in [0, 0.05) is 13.1 Å². The average Bonchev–Trinajstić information content (AvgIpc) is 2.33. The van der Waals surface area contributed by atoms with Crippen LogP contribution in [0.2, 0.25) is 0 Å². The maximum Gasteiger partial charge on any atom is 0.0669 e. The molecule has 1 fully saturated rings. The standard InChI is InChI=1S/C14H27N3/c1-4-13(10-15)11-17(3)9-7-14-6-5-8-16(2)12-14/h13-14H,4-9,11-12H2,1-3H3. The molecular formula is C14H27N3. The minimum atomic E-state index is 0.203. The van der Waals surface area contributed by atoms with Crippen molar-refractivity contribution in [3.63, 3.8) is 0 Å². The highest BCUT2D eigenvalue weighted by atomic mass is 15.1. The molecule has 0 N–H and O–H groups in total. The molecule has 3 nitrogen and oxygen atoms in total. The zero-order valence-electron chi connectivity index (χ0n) is 11.7. The van der Waals surface area contributed by atoms with Crippen LogP contribution >= 0.6 is 0 Å². The fourth-order valence-corrected chi connectivity index (χ4v) is 2.64. The Morgan fingerprint density at radius 3 is 2.88 bits per heavy atom. The Hall–Kier alpha value is -0.590. The van der Waals surface area contributed by atoms with Gasteiger partial charge in [0.15, 0.2) is 0 Å². The van der Waals surface area contributed by atoms with Gasteiger partial charge in [0.25, 0.3) is 0 Å². The molecule has 0 aromatic carbocycles. The van der Waals surface area contributed by atoms with Gasteiger partial charge < -0.3 is 9.80 Å². The lowest BCUT2D eigenvalue weighted by Gasteiger charge is -2.31. The summed E-state index contributed by atoms with van der Waals surface area (Å²) in [5.41, 5.74) is 0. The summed E-state index contributed by atoms with van der Waals surface area (Å²) in [5, 5.41) is 8.94. The second kappa shape index (κ2) is 7.68. The maximum absolute atomic E-state index is 8.94. The third kappa shape index (κ3) is 5.52. The van der Waals surface area contributed by atoms with E-state index in [0.717, 1.165) is 25.4 Å². The third-order valence-electron chi connectivity index (χ3n) is 3.85. The van der Waals surface area contributed by atoms with E-state index in [1.165, 1.54) is 32.4 Å². The van der Waals surface area contributed by atoms with Crippen LogP contribution in [0.15, 0.2) is 0 Å². The van der Waals surface area contributed by atoms with Gasteiger partial charge in [-0.25, -0.2) is 0 Å². The van der Waals surface area contributed by atoms with Crippen LogP contribution in [0.3, 0.4) is 0 Å². The van der Waals surface area contributed by atoms with Gasteiger partial charge in [0.05, 0.1) is 12.0 Å². The maximum atomic E-state index is 8.94. The van der Waals surface area contributed by atoms with Crippen LogP contribution < -0.4 is 0 Å². The van der Waals surface area contributed by atoms with Crippen LogP contribution in [0, 0.1) is 23.2 Å². The molecule has 1 aliphatic heterocycles. The molecule has 1 aliphatic rings. The lowest BCUT2D eigenvalue weighted by atomic mass is 9.95. The molecule has 0 aromatic heterocycles. The van der Waals surface area contributed by atoms with Crippen molar-refractivity contribution in [3.05, 3.63) is 0 Å². The number of hydrogen-bond donors (Lipinski definition) is 0. The molecule has 98 valence electrons. The first-order chi connectivity index (χ1) is 8.15. The highest BCUT2D eigenvalue weighted by Gasteiger charge is 2.17. The zero-order chi connectivity index (χ0) is 12.7. The van der Waals surface area contributed by atoms with Crippen molar-refractivity contribution in [2.24, 2.45) is 11.8 Å². The zero-order valence-corrected chi connectivity index (χ0v) is 11.7. The molecule has 0 radical (unpaired) electrons. The van der Waals surface area contributed by atoms with Crippen LogP contribution in [0.1, 0.15) is 32.6 Å². The number of nitrogens with zero attached hydrogens (tertiary/aromatic N) is 3. The summed E-state index contributed by atoms with van der Waals surface area (Å²) in [6, 6.07) is 2.38. The summed E-state index contributed by atoms with van der Waals surface area (Å²) in [5.74, 6) is 1.06. The molecule has 0 bridgehead atoms. The molecule has 0 aliphatic carbocycles. The van der Waals surface area contributed by atoms with E-state index in [1.807, 2.05) is 0 Å². The van der Waals surface area contributed by atoms with E-state index in [2.05, 4.69) is 36.9 Å². The van der Waals surface area contributed by atoms with Gasteiger partial charge in [0.2, 0.25) is 0 Å². The number of nitriles is 1. The lowest BCUT2D eigenvalue weighted by molar-refractivity contribution is 0.182. The first-order valence-electron chi connectivity index (χ1n) is 6.92. The van der Waals surface area contributed by atoms with Crippen molar-refractivity contribution in [1.29, 1.82) is 5.26 Å². The second-order valence-corrected chi connectivity index (χ2v) is 5.56. The van der Waals surface area contributed by atoms with Crippen LogP contribution in [0.4, 0.5) is 0 Å². The summed E-state index contributed by atoms with van der Waals surface area (Å²) in [4.78, 5) is 4.77. The molecule has 0 saturated carbocycles. The third-order valence-corrected chi connectivity index (χ3v) is 3.85. The predicted octanol–water partition coefficient (Wildman–Crippen LogP) is 2.20. The van der Waals surface area contributed by atoms with E-state index in [4.69, 9.17) is 5.26 Å². The number of hydrogen-bond acceptors (Lipinski definition) is 3. The Morgan fingerprint density at radius 2 is 2.29 bits per heavy atom. The number of likely N-dealkylation sites (tertiary alicyclic amines) is 1. The van der Waals surface area contributed by atoms with Crippen molar-refractivity contribution in [3.8, 4) is 6.07 Å². The van der Waals surface area contributed by atoms with Gasteiger partial charge in [-0.2, -0.15) is 5.26 Å². The van der Waals surface area contributed by atoms with Crippen molar-refractivity contribution in [2.75, 3.05) is 40.3 Å². The molecule has 17 heavy (non-hydrogen) atoms. The van der Waals surface area contributed by atoms with Gasteiger partial charge in [-0.3, -0.25) is 0 Å². The normalized spacial score (nSPS) is 23.6. The average molecular weight is 237 g/mol. The van der Waals surface area contributed by atoms with Gasteiger partial charge in [-0.1, -0.05) is 6.92 Å². The smallest absolute Gasteiger partial charge is 0.0669 e. The molecule has 1 saturated heterocycles. The summed E-state index contributed by atoms with van der Waals surface area (Å²) in [7, 11) is 4.37. The van der Waals surface area contributed by atoms with Crippen molar-refractivity contribution >= 4 is 0 Å². The molecule has 0 amide bonds. The van der Waals surface area contributed by atoms with E-state index in [1.54, 1.807) is 0 Å². The Kier molecular flexibility index (Phi) is 6.54. The van der Waals surface area contributed by atoms with Gasteiger partial charge in [0.1, 0.15) is 0 Å². The van der Waals surface area contributed by atoms with Gasteiger partial charge in [-0.05, 0) is 58.8 Å². The van der Waals surface area contributed by atoms with E-state index < -0.39 is 0 Å². The highest BCUT2D eigenvalue weighted by Crippen LogP contribution is 2.18. The summed E-state index contributed by atoms with van der Waals surface area (Å²) >= 11 is 0. The van der Waals surface area contributed by atoms with Gasteiger partial charge in [-0.15, -0.1) is 0 Å². The Morgan fingerprint density at radius 1 is 1.53 bits per heavy atom. The molecule has 3 heteroatoms. The van der Waals surface area contributed by atoms with Crippen LogP contribution in [-0.4, -0.2) is 50.1 Å². The van der Waals surface area contributed by atoms with Crippen molar-refractivity contribution in [2.45, 2.75) is 32.6 Å². The largest absolute Gasteiger partial charge is 0.306 e. The van der Waals surface area contributed by atoms with Gasteiger partial charge >= 0.3 is 0 Å². The summed E-state index contributed by atoms with van der Waals surface area (Å²) in [6.45, 7) is 6.67. The number of rotatable bonds is 6. The topological polar surface area (TPSA) is 30.3 Å². The fourth-order valence-electron chi connectivity index (χ4n) is 2.64. The SMILES string of the molecule is CCC(C#N)CN(C)CCC1CCCN(C)C1. The molecule has 1 rings (SSSR count). The lowest BCUT2D eigenvalue weighted by Crippen LogP contribution is -2.34. The molecule has 2 atom stereocenters. The Bertz CT molecular complexity index is 246. The van der Waals surface area contributed by atoms with E-state index >= 15 is 0 Å². The molecule has 1 heterocycles. The minimum absolute atomic E-state index is 0.203. The molecule has 0 aromatic rings. The quantitative estimate of drug-likeness (QED) is 0.709. The van der Waals surface area contributed by atoms with E-state index in [9.17, 15) is 0 Å². The summed E-state index contributed by atoms with van der Waals surface area (Å²) < 4.78 is 0. The molecular weight excluding hydrogens is 210 g/mol. The highest BCUT2D eigenvalue weighted by molar-refractivity contribution is 4.83. The Labute approximate surface area is 106 Å². The molecule has 2 unspecified atom stereocenters.